The monoisotopic (exact) mass is 331 g/mol. The third-order valence-corrected chi connectivity index (χ3v) is 5.04. The van der Waals surface area contributed by atoms with E-state index < -0.39 is 0 Å². The van der Waals surface area contributed by atoms with Crippen LogP contribution in [0.1, 0.15) is 33.1 Å². The van der Waals surface area contributed by atoms with Gasteiger partial charge in [0.2, 0.25) is 0 Å². The Kier molecular flexibility index (Phi) is 4.56. The molecule has 7 heteroatoms. The summed E-state index contributed by atoms with van der Waals surface area (Å²) >= 11 is 1.50. The normalized spacial score (nSPS) is 15.1. The number of aromatic nitrogens is 3. The highest BCUT2D eigenvalue weighted by molar-refractivity contribution is 7.13. The third kappa shape index (κ3) is 3.50. The van der Waals surface area contributed by atoms with Gasteiger partial charge in [-0.25, -0.2) is 15.0 Å². The van der Waals surface area contributed by atoms with Crippen molar-refractivity contribution in [1.82, 2.24) is 19.9 Å². The second-order valence-electron chi connectivity index (χ2n) is 5.67. The van der Waals surface area contributed by atoms with Crippen LogP contribution in [-0.2, 0) is 6.42 Å². The number of carbonyl (C=O) groups excluding carboxylic acids is 1. The molecule has 3 rings (SSSR count). The van der Waals surface area contributed by atoms with Gasteiger partial charge in [0.1, 0.15) is 16.5 Å². The maximum absolute atomic E-state index is 12.5. The summed E-state index contributed by atoms with van der Waals surface area (Å²) in [6, 6.07) is 2.00. The second kappa shape index (κ2) is 6.62. The lowest BCUT2D eigenvalue weighted by atomic mass is 10.3. The fourth-order valence-corrected chi connectivity index (χ4v) is 3.55. The van der Waals surface area contributed by atoms with Gasteiger partial charge >= 0.3 is 0 Å². The Morgan fingerprint density at radius 1 is 1.22 bits per heavy atom. The first-order chi connectivity index (χ1) is 11.1. The van der Waals surface area contributed by atoms with Crippen LogP contribution in [0.4, 0.5) is 5.82 Å². The van der Waals surface area contributed by atoms with Crippen molar-refractivity contribution in [2.45, 2.75) is 27.2 Å². The SMILES string of the molecule is CCc1ncc(C(=O)N2CCN(c3cc(C)nc(C)n3)CC2)s1. The van der Waals surface area contributed by atoms with Crippen molar-refractivity contribution in [3.05, 3.63) is 33.7 Å². The Hall–Kier alpha value is -2.02. The molecule has 23 heavy (non-hydrogen) atoms. The molecule has 0 unspecified atom stereocenters. The van der Waals surface area contributed by atoms with Crippen LogP contribution in [0.25, 0.3) is 0 Å². The van der Waals surface area contributed by atoms with Crippen molar-refractivity contribution in [1.29, 1.82) is 0 Å². The van der Waals surface area contributed by atoms with Crippen molar-refractivity contribution in [3.8, 4) is 0 Å². The molecule has 0 radical (unpaired) electrons. The van der Waals surface area contributed by atoms with E-state index >= 15 is 0 Å². The Balaban J connectivity index is 1.64. The zero-order valence-electron chi connectivity index (χ0n) is 13.7. The van der Waals surface area contributed by atoms with E-state index in [1.54, 1.807) is 6.20 Å². The Morgan fingerprint density at radius 3 is 2.57 bits per heavy atom. The van der Waals surface area contributed by atoms with E-state index in [2.05, 4.69) is 26.8 Å². The molecule has 122 valence electrons. The van der Waals surface area contributed by atoms with Crippen LogP contribution in [-0.4, -0.2) is 51.9 Å². The van der Waals surface area contributed by atoms with Crippen molar-refractivity contribution < 1.29 is 4.79 Å². The number of piperazine rings is 1. The molecule has 0 spiro atoms. The van der Waals surface area contributed by atoms with Gasteiger partial charge < -0.3 is 9.80 Å². The molecule has 6 nitrogen and oxygen atoms in total. The number of rotatable bonds is 3. The molecule has 1 fully saturated rings. The molecule has 2 aromatic heterocycles. The number of aryl methyl sites for hydroxylation is 3. The second-order valence-corrected chi connectivity index (χ2v) is 6.78. The van der Waals surface area contributed by atoms with Gasteiger partial charge in [0, 0.05) is 37.9 Å². The lowest BCUT2D eigenvalue weighted by Gasteiger charge is -2.35. The number of anilines is 1. The quantitative estimate of drug-likeness (QED) is 0.862. The summed E-state index contributed by atoms with van der Waals surface area (Å²) in [7, 11) is 0. The highest BCUT2D eigenvalue weighted by Crippen LogP contribution is 2.19. The summed E-state index contributed by atoms with van der Waals surface area (Å²) in [5.41, 5.74) is 0.975. The fraction of sp³-hybridized carbons (Fsp3) is 0.500. The number of amides is 1. The van der Waals surface area contributed by atoms with E-state index in [-0.39, 0.29) is 5.91 Å². The molecule has 0 aliphatic carbocycles. The van der Waals surface area contributed by atoms with Crippen LogP contribution in [0.2, 0.25) is 0 Å². The van der Waals surface area contributed by atoms with Gasteiger partial charge in [-0.05, 0) is 20.3 Å². The maximum Gasteiger partial charge on any atom is 0.265 e. The van der Waals surface area contributed by atoms with Gasteiger partial charge in [0.25, 0.3) is 5.91 Å². The number of nitrogens with zero attached hydrogens (tertiary/aromatic N) is 5. The minimum Gasteiger partial charge on any atom is -0.353 e. The van der Waals surface area contributed by atoms with Gasteiger partial charge in [-0.3, -0.25) is 4.79 Å². The van der Waals surface area contributed by atoms with E-state index in [0.29, 0.717) is 13.1 Å². The molecule has 1 aliphatic heterocycles. The van der Waals surface area contributed by atoms with Crippen molar-refractivity contribution >= 4 is 23.1 Å². The molecular formula is C16H21N5OS. The van der Waals surface area contributed by atoms with Crippen molar-refractivity contribution in [2.75, 3.05) is 31.1 Å². The minimum absolute atomic E-state index is 0.0944. The molecule has 0 N–H and O–H groups in total. The number of thiazole rings is 1. The molecular weight excluding hydrogens is 310 g/mol. The van der Waals surface area contributed by atoms with Gasteiger partial charge in [-0.1, -0.05) is 6.92 Å². The standard InChI is InChI=1S/C16H21N5OS/c1-4-15-17-10-13(23-15)16(22)21-7-5-20(6-8-21)14-9-11(2)18-12(3)19-14/h9-10H,4-8H2,1-3H3. The Labute approximate surface area is 140 Å². The lowest BCUT2D eigenvalue weighted by Crippen LogP contribution is -2.49. The van der Waals surface area contributed by atoms with E-state index in [0.717, 1.165) is 46.7 Å². The van der Waals surface area contributed by atoms with E-state index in [4.69, 9.17) is 0 Å². The molecule has 1 amide bonds. The third-order valence-electron chi connectivity index (χ3n) is 3.91. The van der Waals surface area contributed by atoms with Gasteiger partial charge in [0.05, 0.1) is 11.2 Å². The van der Waals surface area contributed by atoms with Crippen LogP contribution in [0.3, 0.4) is 0 Å². The van der Waals surface area contributed by atoms with Crippen LogP contribution >= 0.6 is 11.3 Å². The highest BCUT2D eigenvalue weighted by atomic mass is 32.1. The van der Waals surface area contributed by atoms with Crippen LogP contribution < -0.4 is 4.90 Å². The predicted octanol–water partition coefficient (Wildman–Crippen LogP) is 2.07. The summed E-state index contributed by atoms with van der Waals surface area (Å²) in [5.74, 6) is 1.83. The molecule has 1 saturated heterocycles. The number of hydrogen-bond donors (Lipinski definition) is 0. The summed E-state index contributed by atoms with van der Waals surface area (Å²) in [6.07, 6.45) is 2.58. The highest BCUT2D eigenvalue weighted by Gasteiger charge is 2.24. The van der Waals surface area contributed by atoms with E-state index in [1.165, 1.54) is 11.3 Å². The van der Waals surface area contributed by atoms with Crippen LogP contribution in [0.15, 0.2) is 12.3 Å². The minimum atomic E-state index is 0.0944. The summed E-state index contributed by atoms with van der Waals surface area (Å²) in [4.78, 5) is 30.5. The molecule has 0 aromatic carbocycles. The predicted molar refractivity (Wildman–Crippen MR) is 91.1 cm³/mol. The van der Waals surface area contributed by atoms with E-state index in [1.807, 2.05) is 24.8 Å². The number of carbonyl (C=O) groups is 1. The average Bonchev–Trinajstić information content (AvgIpc) is 3.02. The summed E-state index contributed by atoms with van der Waals surface area (Å²) in [5, 5.41) is 1.01. The average molecular weight is 331 g/mol. The van der Waals surface area contributed by atoms with Crippen LogP contribution in [0.5, 0.6) is 0 Å². The summed E-state index contributed by atoms with van der Waals surface area (Å²) < 4.78 is 0. The first-order valence-electron chi connectivity index (χ1n) is 7.88. The Bertz CT molecular complexity index is 686. The first kappa shape index (κ1) is 15.9. The molecule has 3 heterocycles. The lowest BCUT2D eigenvalue weighted by molar-refractivity contribution is 0.0751. The van der Waals surface area contributed by atoms with Gasteiger partial charge in [-0.15, -0.1) is 11.3 Å². The molecule has 2 aromatic rings. The van der Waals surface area contributed by atoms with Crippen molar-refractivity contribution in [3.63, 3.8) is 0 Å². The molecule has 0 atom stereocenters. The molecule has 1 aliphatic rings. The topological polar surface area (TPSA) is 62.2 Å². The maximum atomic E-state index is 12.5. The van der Waals surface area contributed by atoms with Gasteiger partial charge in [0.15, 0.2) is 0 Å². The van der Waals surface area contributed by atoms with Gasteiger partial charge in [-0.2, -0.15) is 0 Å². The van der Waals surface area contributed by atoms with E-state index in [9.17, 15) is 4.79 Å². The first-order valence-corrected chi connectivity index (χ1v) is 8.69. The van der Waals surface area contributed by atoms with Crippen LogP contribution in [0, 0.1) is 13.8 Å². The largest absolute Gasteiger partial charge is 0.353 e. The molecule has 0 saturated carbocycles. The fourth-order valence-electron chi connectivity index (χ4n) is 2.73. The molecule has 0 bridgehead atoms. The number of hydrogen-bond acceptors (Lipinski definition) is 6. The zero-order chi connectivity index (χ0) is 16.4. The Morgan fingerprint density at radius 2 is 1.96 bits per heavy atom. The van der Waals surface area contributed by atoms with Crippen molar-refractivity contribution in [2.24, 2.45) is 0 Å². The summed E-state index contributed by atoms with van der Waals surface area (Å²) in [6.45, 7) is 8.94. The smallest absolute Gasteiger partial charge is 0.265 e. The zero-order valence-corrected chi connectivity index (χ0v) is 14.6.